The summed E-state index contributed by atoms with van der Waals surface area (Å²) >= 11 is 2.95. The first-order valence-corrected chi connectivity index (χ1v) is 4.47. The standard InChI is InChI=1S/C8H7BrF2N2O/c1-3-4(8(12)14)2-13-6(5(3)9)7(10)11/h2,7H,1H3,(H2,12,14). The molecule has 0 aromatic carbocycles. The average molecular weight is 265 g/mol. The van der Waals surface area contributed by atoms with Crippen molar-refractivity contribution in [2.24, 2.45) is 5.73 Å². The van der Waals surface area contributed by atoms with Crippen molar-refractivity contribution < 1.29 is 13.6 Å². The molecule has 0 aliphatic rings. The van der Waals surface area contributed by atoms with Crippen molar-refractivity contribution in [3.8, 4) is 0 Å². The molecule has 1 aromatic rings. The molecule has 0 bridgehead atoms. The van der Waals surface area contributed by atoms with Gasteiger partial charge in [-0.05, 0) is 28.4 Å². The zero-order valence-corrected chi connectivity index (χ0v) is 8.81. The lowest BCUT2D eigenvalue weighted by Crippen LogP contribution is -2.14. The fourth-order valence-corrected chi connectivity index (χ4v) is 1.49. The van der Waals surface area contributed by atoms with Crippen LogP contribution in [0.2, 0.25) is 0 Å². The summed E-state index contributed by atoms with van der Waals surface area (Å²) in [7, 11) is 0. The number of aromatic nitrogens is 1. The van der Waals surface area contributed by atoms with E-state index in [4.69, 9.17) is 5.73 Å². The molecule has 0 saturated carbocycles. The predicted molar refractivity (Wildman–Crippen MR) is 50.1 cm³/mol. The first kappa shape index (κ1) is 11.0. The van der Waals surface area contributed by atoms with Crippen molar-refractivity contribution >= 4 is 21.8 Å². The molecule has 0 spiro atoms. The van der Waals surface area contributed by atoms with Gasteiger partial charge in [0, 0.05) is 10.7 Å². The Morgan fingerprint density at radius 1 is 1.64 bits per heavy atom. The van der Waals surface area contributed by atoms with Crippen LogP contribution in [0.4, 0.5) is 8.78 Å². The number of hydrogen-bond donors (Lipinski definition) is 1. The number of amides is 1. The number of primary amides is 1. The van der Waals surface area contributed by atoms with Gasteiger partial charge in [0.25, 0.3) is 12.3 Å². The van der Waals surface area contributed by atoms with E-state index in [1.165, 1.54) is 6.92 Å². The molecule has 1 heterocycles. The molecule has 0 radical (unpaired) electrons. The fourth-order valence-electron chi connectivity index (χ4n) is 0.998. The highest BCUT2D eigenvalue weighted by Crippen LogP contribution is 2.29. The van der Waals surface area contributed by atoms with E-state index in [0.29, 0.717) is 5.56 Å². The summed E-state index contributed by atoms with van der Waals surface area (Å²) in [5, 5.41) is 0. The zero-order chi connectivity index (χ0) is 10.9. The second-order valence-corrected chi connectivity index (χ2v) is 3.45. The van der Waals surface area contributed by atoms with Crippen LogP contribution in [-0.2, 0) is 0 Å². The third-order valence-electron chi connectivity index (χ3n) is 1.76. The van der Waals surface area contributed by atoms with Crippen molar-refractivity contribution in [1.82, 2.24) is 4.98 Å². The Morgan fingerprint density at radius 3 is 2.64 bits per heavy atom. The van der Waals surface area contributed by atoms with Crippen LogP contribution in [0.15, 0.2) is 10.7 Å². The lowest BCUT2D eigenvalue weighted by atomic mass is 10.1. The van der Waals surface area contributed by atoms with Crippen LogP contribution in [-0.4, -0.2) is 10.9 Å². The van der Waals surface area contributed by atoms with E-state index >= 15 is 0 Å². The molecular weight excluding hydrogens is 258 g/mol. The van der Waals surface area contributed by atoms with Crippen LogP contribution >= 0.6 is 15.9 Å². The third kappa shape index (κ3) is 1.89. The summed E-state index contributed by atoms with van der Waals surface area (Å²) in [5.74, 6) is -0.684. The first-order valence-electron chi connectivity index (χ1n) is 3.68. The van der Waals surface area contributed by atoms with E-state index in [-0.39, 0.29) is 15.7 Å². The van der Waals surface area contributed by atoms with Crippen LogP contribution < -0.4 is 5.73 Å². The maximum Gasteiger partial charge on any atom is 0.281 e. The highest BCUT2D eigenvalue weighted by molar-refractivity contribution is 9.10. The van der Waals surface area contributed by atoms with Gasteiger partial charge in [0.1, 0.15) is 5.69 Å². The van der Waals surface area contributed by atoms with Crippen molar-refractivity contribution in [3.63, 3.8) is 0 Å². The van der Waals surface area contributed by atoms with Crippen LogP contribution in [0, 0.1) is 6.92 Å². The molecule has 0 fully saturated rings. The number of hydrogen-bond acceptors (Lipinski definition) is 2. The molecule has 0 unspecified atom stereocenters. The van der Waals surface area contributed by atoms with Crippen molar-refractivity contribution in [2.45, 2.75) is 13.3 Å². The highest BCUT2D eigenvalue weighted by Gasteiger charge is 2.18. The van der Waals surface area contributed by atoms with Gasteiger partial charge in [0.05, 0.1) is 5.56 Å². The maximum absolute atomic E-state index is 12.3. The van der Waals surface area contributed by atoms with Gasteiger partial charge in [-0.15, -0.1) is 0 Å². The Morgan fingerprint density at radius 2 is 2.21 bits per heavy atom. The van der Waals surface area contributed by atoms with E-state index < -0.39 is 12.3 Å². The number of pyridine rings is 1. The molecule has 0 atom stereocenters. The molecule has 0 aliphatic carbocycles. The van der Waals surface area contributed by atoms with E-state index in [1.807, 2.05) is 0 Å². The minimum atomic E-state index is -2.68. The Bertz CT molecular complexity index is 382. The van der Waals surface area contributed by atoms with Crippen LogP contribution in [0.1, 0.15) is 28.0 Å². The lowest BCUT2D eigenvalue weighted by Gasteiger charge is -2.07. The van der Waals surface area contributed by atoms with Crippen LogP contribution in [0.3, 0.4) is 0 Å². The van der Waals surface area contributed by atoms with Crippen LogP contribution in [0.5, 0.6) is 0 Å². The number of carbonyl (C=O) groups excluding carboxylic acids is 1. The molecule has 0 saturated heterocycles. The molecule has 0 aliphatic heterocycles. The second kappa shape index (κ2) is 4.00. The van der Waals surface area contributed by atoms with E-state index in [1.54, 1.807) is 0 Å². The van der Waals surface area contributed by atoms with E-state index in [0.717, 1.165) is 6.20 Å². The Balaban J connectivity index is 3.33. The Kier molecular flexibility index (Phi) is 3.15. The van der Waals surface area contributed by atoms with E-state index in [2.05, 4.69) is 20.9 Å². The second-order valence-electron chi connectivity index (χ2n) is 2.66. The van der Waals surface area contributed by atoms with Gasteiger partial charge in [-0.1, -0.05) is 0 Å². The summed E-state index contributed by atoms with van der Waals surface area (Å²) in [6.45, 7) is 1.53. The van der Waals surface area contributed by atoms with Crippen molar-refractivity contribution in [2.75, 3.05) is 0 Å². The van der Waals surface area contributed by atoms with Gasteiger partial charge < -0.3 is 5.73 Å². The van der Waals surface area contributed by atoms with Gasteiger partial charge in [-0.2, -0.15) is 0 Å². The summed E-state index contributed by atoms with van der Waals surface area (Å²) in [5.41, 5.74) is 5.16. The maximum atomic E-state index is 12.3. The molecule has 2 N–H and O–H groups in total. The molecule has 3 nitrogen and oxygen atoms in total. The third-order valence-corrected chi connectivity index (χ3v) is 2.76. The fraction of sp³-hybridized carbons (Fsp3) is 0.250. The molecule has 6 heteroatoms. The van der Waals surface area contributed by atoms with E-state index in [9.17, 15) is 13.6 Å². The first-order chi connectivity index (χ1) is 6.45. The topological polar surface area (TPSA) is 56.0 Å². The smallest absolute Gasteiger partial charge is 0.281 e. The van der Waals surface area contributed by atoms with Gasteiger partial charge in [0.2, 0.25) is 0 Å². The Labute approximate surface area is 87.4 Å². The SMILES string of the molecule is Cc1c(C(N)=O)cnc(C(F)F)c1Br. The lowest BCUT2D eigenvalue weighted by molar-refractivity contribution is 0.0998. The predicted octanol–water partition coefficient (Wildman–Crippen LogP) is 2.19. The number of rotatable bonds is 2. The largest absolute Gasteiger partial charge is 0.366 e. The molecule has 1 rings (SSSR count). The summed E-state index contributed by atoms with van der Waals surface area (Å²) in [4.78, 5) is 14.3. The van der Waals surface area contributed by atoms with Crippen molar-refractivity contribution in [3.05, 3.63) is 27.5 Å². The van der Waals surface area contributed by atoms with Gasteiger partial charge >= 0.3 is 0 Å². The quantitative estimate of drug-likeness (QED) is 0.891. The summed E-state index contributed by atoms with van der Waals surface area (Å²) in [6.07, 6.45) is -1.62. The zero-order valence-electron chi connectivity index (χ0n) is 7.22. The monoisotopic (exact) mass is 264 g/mol. The molecular formula is C8H7BrF2N2O. The van der Waals surface area contributed by atoms with Crippen molar-refractivity contribution in [1.29, 1.82) is 0 Å². The minimum Gasteiger partial charge on any atom is -0.366 e. The average Bonchev–Trinajstić information content (AvgIpc) is 2.08. The minimum absolute atomic E-state index is 0.129. The highest BCUT2D eigenvalue weighted by atomic mass is 79.9. The normalized spacial score (nSPS) is 10.6. The van der Waals surface area contributed by atoms with Gasteiger partial charge in [-0.3, -0.25) is 9.78 Å². The number of nitrogens with zero attached hydrogens (tertiary/aromatic N) is 1. The summed E-state index contributed by atoms with van der Waals surface area (Å²) < 4.78 is 24.8. The van der Waals surface area contributed by atoms with Gasteiger partial charge in [-0.25, -0.2) is 8.78 Å². The van der Waals surface area contributed by atoms with Crippen LogP contribution in [0.25, 0.3) is 0 Å². The number of alkyl halides is 2. The van der Waals surface area contributed by atoms with Gasteiger partial charge in [0.15, 0.2) is 0 Å². The summed E-state index contributed by atoms with van der Waals surface area (Å²) in [6, 6.07) is 0. The number of nitrogens with two attached hydrogens (primary N) is 1. The molecule has 76 valence electrons. The molecule has 14 heavy (non-hydrogen) atoms. The number of halogens is 3. The number of carbonyl (C=O) groups is 1. The molecule has 1 amide bonds. The Hall–Kier alpha value is -1.04. The molecule has 1 aromatic heterocycles.